The number of aryl methyl sites for hydroxylation is 1. The fourth-order valence-corrected chi connectivity index (χ4v) is 3.43. The van der Waals surface area contributed by atoms with E-state index in [1.165, 1.54) is 0 Å². The van der Waals surface area contributed by atoms with Crippen LogP contribution >= 0.6 is 0 Å². The molecule has 0 unspecified atom stereocenters. The molecule has 8 nitrogen and oxygen atoms in total. The minimum atomic E-state index is -0.366. The fraction of sp³-hybridized carbons (Fsp3) is 0.389. The Morgan fingerprint density at radius 1 is 1.31 bits per heavy atom. The van der Waals surface area contributed by atoms with Gasteiger partial charge in [0.25, 0.3) is 0 Å². The molecule has 8 heteroatoms. The maximum Gasteiger partial charge on any atom is 0.414 e. The molecule has 0 saturated carbocycles. The van der Waals surface area contributed by atoms with Crippen molar-refractivity contribution in [3.05, 3.63) is 41.8 Å². The fourth-order valence-electron chi connectivity index (χ4n) is 3.43. The van der Waals surface area contributed by atoms with Gasteiger partial charge in [0, 0.05) is 24.0 Å². The summed E-state index contributed by atoms with van der Waals surface area (Å²) in [7, 11) is 0. The molecule has 3 amide bonds. The third-order valence-corrected chi connectivity index (χ3v) is 4.67. The first-order chi connectivity index (χ1) is 12.6. The Bertz CT molecular complexity index is 834. The Balaban J connectivity index is 1.48. The average Bonchev–Trinajstić information content (AvgIpc) is 3.35. The van der Waals surface area contributed by atoms with Gasteiger partial charge in [-0.1, -0.05) is 11.2 Å². The van der Waals surface area contributed by atoms with Gasteiger partial charge in [-0.15, -0.1) is 0 Å². The number of hydrogen-bond acceptors (Lipinski definition) is 5. The van der Waals surface area contributed by atoms with Crippen molar-refractivity contribution in [3.63, 3.8) is 0 Å². The molecule has 2 aliphatic heterocycles. The van der Waals surface area contributed by atoms with E-state index in [4.69, 9.17) is 9.26 Å². The van der Waals surface area contributed by atoms with Crippen molar-refractivity contribution in [1.29, 1.82) is 0 Å². The van der Waals surface area contributed by atoms with Gasteiger partial charge in [0.1, 0.15) is 18.1 Å². The van der Waals surface area contributed by atoms with Crippen LogP contribution in [-0.2, 0) is 4.74 Å². The lowest BCUT2D eigenvalue weighted by atomic mass is 10.1. The number of ether oxygens (including phenoxy) is 1. The second-order valence-corrected chi connectivity index (χ2v) is 6.46. The standard InChI is InChI=1S/C18H20N4O4/c1-12-10-15(20-26-12)16-6-3-7-22(16)17(23)19-13-4-2-5-14(11-13)21-8-9-25-18(21)24/h2,4-5,10-11,16H,3,6-9H2,1H3,(H,19,23)/t16-/m1/s1. The van der Waals surface area contributed by atoms with Crippen molar-refractivity contribution in [2.45, 2.75) is 25.8 Å². The minimum Gasteiger partial charge on any atom is -0.447 e. The van der Waals surface area contributed by atoms with Crippen LogP contribution in [0.2, 0.25) is 0 Å². The molecule has 26 heavy (non-hydrogen) atoms. The zero-order valence-corrected chi connectivity index (χ0v) is 14.5. The summed E-state index contributed by atoms with van der Waals surface area (Å²) in [5.41, 5.74) is 2.12. The third-order valence-electron chi connectivity index (χ3n) is 4.67. The number of likely N-dealkylation sites (tertiary alicyclic amines) is 1. The summed E-state index contributed by atoms with van der Waals surface area (Å²) in [5.74, 6) is 0.734. The molecule has 4 rings (SSSR count). The number of aromatic nitrogens is 1. The summed E-state index contributed by atoms with van der Waals surface area (Å²) >= 11 is 0. The normalized spacial score (nSPS) is 19.7. The van der Waals surface area contributed by atoms with Gasteiger partial charge in [0.15, 0.2) is 0 Å². The Morgan fingerprint density at radius 2 is 2.19 bits per heavy atom. The van der Waals surface area contributed by atoms with E-state index in [0.717, 1.165) is 24.3 Å². The first-order valence-corrected chi connectivity index (χ1v) is 8.67. The summed E-state index contributed by atoms with van der Waals surface area (Å²) in [4.78, 5) is 27.8. The summed E-state index contributed by atoms with van der Waals surface area (Å²) in [5, 5.41) is 6.98. The number of nitrogens with one attached hydrogen (secondary N) is 1. The highest BCUT2D eigenvalue weighted by molar-refractivity contribution is 5.93. The zero-order chi connectivity index (χ0) is 18.1. The zero-order valence-electron chi connectivity index (χ0n) is 14.5. The molecule has 1 atom stereocenters. The van der Waals surface area contributed by atoms with E-state index in [0.29, 0.717) is 31.1 Å². The quantitative estimate of drug-likeness (QED) is 0.911. The number of carbonyl (C=O) groups is 2. The average molecular weight is 356 g/mol. The maximum atomic E-state index is 12.8. The third kappa shape index (κ3) is 3.10. The lowest BCUT2D eigenvalue weighted by Gasteiger charge is -2.23. The molecule has 1 aromatic heterocycles. The van der Waals surface area contributed by atoms with Crippen LogP contribution in [-0.4, -0.2) is 41.9 Å². The highest BCUT2D eigenvalue weighted by Gasteiger charge is 2.32. The molecule has 0 radical (unpaired) electrons. The van der Waals surface area contributed by atoms with Crippen LogP contribution in [0, 0.1) is 6.92 Å². The van der Waals surface area contributed by atoms with Crippen molar-refractivity contribution >= 4 is 23.5 Å². The molecule has 2 aromatic rings. The van der Waals surface area contributed by atoms with Crippen LogP contribution in [0.4, 0.5) is 21.0 Å². The first kappa shape index (κ1) is 16.4. The van der Waals surface area contributed by atoms with Gasteiger partial charge in [-0.2, -0.15) is 0 Å². The van der Waals surface area contributed by atoms with Crippen molar-refractivity contribution in [1.82, 2.24) is 10.1 Å². The SMILES string of the molecule is Cc1cc([C@H]2CCCN2C(=O)Nc2cccc(N3CCOC3=O)c2)no1. The van der Waals surface area contributed by atoms with Crippen molar-refractivity contribution in [3.8, 4) is 0 Å². The van der Waals surface area contributed by atoms with Crippen molar-refractivity contribution in [2.24, 2.45) is 0 Å². The van der Waals surface area contributed by atoms with E-state index in [-0.39, 0.29) is 18.2 Å². The van der Waals surface area contributed by atoms with Crippen LogP contribution < -0.4 is 10.2 Å². The number of anilines is 2. The Hall–Kier alpha value is -3.03. The van der Waals surface area contributed by atoms with E-state index in [9.17, 15) is 9.59 Å². The maximum absolute atomic E-state index is 12.8. The second-order valence-electron chi connectivity index (χ2n) is 6.46. The van der Waals surface area contributed by atoms with Crippen LogP contribution in [0.3, 0.4) is 0 Å². The number of carbonyl (C=O) groups excluding carboxylic acids is 2. The van der Waals surface area contributed by atoms with Gasteiger partial charge >= 0.3 is 12.1 Å². The molecule has 2 fully saturated rings. The largest absolute Gasteiger partial charge is 0.447 e. The molecule has 0 spiro atoms. The van der Waals surface area contributed by atoms with Gasteiger partial charge in [-0.3, -0.25) is 4.90 Å². The van der Waals surface area contributed by atoms with E-state index in [1.54, 1.807) is 28.0 Å². The van der Waals surface area contributed by atoms with E-state index < -0.39 is 0 Å². The number of hydrogen-bond donors (Lipinski definition) is 1. The summed E-state index contributed by atoms with van der Waals surface area (Å²) in [6, 6.07) is 8.80. The van der Waals surface area contributed by atoms with E-state index in [2.05, 4.69) is 10.5 Å². The summed E-state index contributed by atoms with van der Waals surface area (Å²) < 4.78 is 10.1. The van der Waals surface area contributed by atoms with E-state index >= 15 is 0 Å². The van der Waals surface area contributed by atoms with Crippen molar-refractivity contribution < 1.29 is 18.8 Å². The molecular formula is C18H20N4O4. The minimum absolute atomic E-state index is 0.0795. The molecule has 0 aliphatic carbocycles. The van der Waals surface area contributed by atoms with Gasteiger partial charge in [0.05, 0.1) is 12.6 Å². The number of benzene rings is 1. The molecule has 136 valence electrons. The predicted octanol–water partition coefficient (Wildman–Crippen LogP) is 3.31. The Kier molecular flexibility index (Phi) is 4.24. The highest BCUT2D eigenvalue weighted by Crippen LogP contribution is 2.32. The van der Waals surface area contributed by atoms with Crippen LogP contribution in [0.1, 0.15) is 30.3 Å². The number of urea groups is 1. The summed E-state index contributed by atoms with van der Waals surface area (Å²) in [6.07, 6.45) is 1.41. The van der Waals surface area contributed by atoms with Crippen LogP contribution in [0.5, 0.6) is 0 Å². The Morgan fingerprint density at radius 3 is 2.92 bits per heavy atom. The number of amides is 3. The smallest absolute Gasteiger partial charge is 0.414 e. The van der Waals surface area contributed by atoms with Gasteiger partial charge in [0.2, 0.25) is 0 Å². The lowest BCUT2D eigenvalue weighted by molar-refractivity contribution is 0.181. The molecule has 2 saturated heterocycles. The monoisotopic (exact) mass is 356 g/mol. The molecule has 1 N–H and O–H groups in total. The molecule has 3 heterocycles. The number of cyclic esters (lactones) is 1. The Labute approximate surface area is 150 Å². The molecule has 2 aliphatic rings. The first-order valence-electron chi connectivity index (χ1n) is 8.67. The van der Waals surface area contributed by atoms with E-state index in [1.807, 2.05) is 19.1 Å². The predicted molar refractivity (Wildman–Crippen MR) is 94.1 cm³/mol. The molecule has 1 aromatic carbocycles. The summed E-state index contributed by atoms with van der Waals surface area (Å²) in [6.45, 7) is 3.39. The van der Waals surface area contributed by atoms with Gasteiger partial charge in [-0.25, -0.2) is 9.59 Å². The molecule has 0 bridgehead atoms. The highest BCUT2D eigenvalue weighted by atomic mass is 16.6. The lowest BCUT2D eigenvalue weighted by Crippen LogP contribution is -2.34. The second kappa shape index (κ2) is 6.70. The van der Waals surface area contributed by atoms with Gasteiger partial charge < -0.3 is 19.5 Å². The van der Waals surface area contributed by atoms with Crippen molar-refractivity contribution in [2.75, 3.05) is 29.9 Å². The van der Waals surface area contributed by atoms with Gasteiger partial charge in [-0.05, 0) is 38.0 Å². The van der Waals surface area contributed by atoms with Crippen LogP contribution in [0.15, 0.2) is 34.9 Å². The topological polar surface area (TPSA) is 87.9 Å². The number of rotatable bonds is 3. The number of nitrogens with zero attached hydrogens (tertiary/aromatic N) is 3. The van der Waals surface area contributed by atoms with Crippen LogP contribution in [0.25, 0.3) is 0 Å². The molecular weight excluding hydrogens is 336 g/mol.